The van der Waals surface area contributed by atoms with E-state index in [4.69, 9.17) is 27.9 Å². The zero-order valence-corrected chi connectivity index (χ0v) is 18.8. The number of aromatic hydroxyl groups is 1. The molecule has 4 rings (SSSR count). The fourth-order valence-electron chi connectivity index (χ4n) is 3.68. The molecule has 1 aromatic rings. The second-order valence-corrected chi connectivity index (χ2v) is 10.0. The molecule has 1 aromatic carbocycles. The van der Waals surface area contributed by atoms with E-state index in [-0.39, 0.29) is 32.0 Å². The fraction of sp³-hybridized carbons (Fsp3) is 0.286. The molecule has 164 valence electrons. The number of phenols is 1. The van der Waals surface area contributed by atoms with Crippen LogP contribution in [-0.4, -0.2) is 41.7 Å². The summed E-state index contributed by atoms with van der Waals surface area (Å²) in [6, 6.07) is 2.63. The summed E-state index contributed by atoms with van der Waals surface area (Å²) in [5, 5.41) is 9.63. The molecule has 7 nitrogen and oxygen atoms in total. The first-order valence-electron chi connectivity index (χ1n) is 9.75. The summed E-state index contributed by atoms with van der Waals surface area (Å²) in [6.07, 6.45) is 10.4. The monoisotopic (exact) mass is 482 g/mol. The number of hydrogen-bond donors (Lipinski definition) is 1. The van der Waals surface area contributed by atoms with Crippen molar-refractivity contribution in [2.24, 2.45) is 0 Å². The van der Waals surface area contributed by atoms with Crippen LogP contribution in [0.15, 0.2) is 59.2 Å². The second-order valence-electron chi connectivity index (χ2n) is 7.29. The Morgan fingerprint density at radius 3 is 2.48 bits per heavy atom. The number of ether oxygens (including phenoxy) is 1. The van der Waals surface area contributed by atoms with Gasteiger partial charge in [0, 0.05) is 30.4 Å². The van der Waals surface area contributed by atoms with Crippen molar-refractivity contribution in [1.29, 1.82) is 0 Å². The summed E-state index contributed by atoms with van der Waals surface area (Å²) in [7, 11) is -3.65. The molecule has 1 amide bonds. The number of halogens is 2. The van der Waals surface area contributed by atoms with Crippen molar-refractivity contribution < 1.29 is 23.1 Å². The number of carbonyl (C=O) groups is 1. The summed E-state index contributed by atoms with van der Waals surface area (Å²) in [4.78, 5) is 14.4. The highest BCUT2D eigenvalue weighted by Gasteiger charge is 2.33. The highest BCUT2D eigenvalue weighted by atomic mass is 35.5. The Morgan fingerprint density at radius 2 is 1.81 bits per heavy atom. The summed E-state index contributed by atoms with van der Waals surface area (Å²) < 4.78 is 33.4. The van der Waals surface area contributed by atoms with Crippen molar-refractivity contribution in [3.8, 4) is 5.75 Å². The first kappa shape index (κ1) is 22.0. The van der Waals surface area contributed by atoms with Crippen LogP contribution in [0.25, 0.3) is 0 Å². The van der Waals surface area contributed by atoms with E-state index < -0.39 is 15.9 Å². The number of sulfonamides is 1. The molecule has 0 saturated carbocycles. The molecule has 0 unspecified atom stereocenters. The molecular formula is C21H20Cl2N2O5S. The zero-order valence-electron chi connectivity index (χ0n) is 16.4. The van der Waals surface area contributed by atoms with Gasteiger partial charge in [0.2, 0.25) is 10.0 Å². The largest absolute Gasteiger partial charge is 0.505 e. The molecule has 1 fully saturated rings. The first-order chi connectivity index (χ1) is 14.8. The third-order valence-electron chi connectivity index (χ3n) is 5.28. The van der Waals surface area contributed by atoms with E-state index in [1.54, 1.807) is 6.08 Å². The number of allylic oxidation sites excluding steroid dienone is 3. The SMILES string of the molecule is O=C(c1cc(Cl)c(O)c(Cl)c1)N1C=COC(C2=C(S(=O)(=O)N3CCCC3)C=CCC2)=C1. The molecule has 2 aliphatic heterocycles. The molecule has 0 aromatic heterocycles. The molecule has 0 atom stereocenters. The van der Waals surface area contributed by atoms with Crippen LogP contribution >= 0.6 is 23.2 Å². The van der Waals surface area contributed by atoms with Crippen LogP contribution < -0.4 is 0 Å². The average molecular weight is 483 g/mol. The topological polar surface area (TPSA) is 87.1 Å². The van der Waals surface area contributed by atoms with Gasteiger partial charge in [-0.1, -0.05) is 29.3 Å². The Morgan fingerprint density at radius 1 is 1.13 bits per heavy atom. The van der Waals surface area contributed by atoms with Crippen LogP contribution in [0.3, 0.4) is 0 Å². The van der Waals surface area contributed by atoms with Gasteiger partial charge in [0.25, 0.3) is 5.91 Å². The predicted octanol–water partition coefficient (Wildman–Crippen LogP) is 4.51. The van der Waals surface area contributed by atoms with E-state index in [9.17, 15) is 18.3 Å². The lowest BCUT2D eigenvalue weighted by atomic mass is 10.0. The van der Waals surface area contributed by atoms with Gasteiger partial charge in [-0.3, -0.25) is 9.69 Å². The normalized spacial score (nSPS) is 19.5. The van der Waals surface area contributed by atoms with Crippen molar-refractivity contribution in [2.45, 2.75) is 25.7 Å². The molecule has 2 heterocycles. The Labute approximate surface area is 190 Å². The summed E-state index contributed by atoms with van der Waals surface area (Å²) in [5.41, 5.74) is 0.690. The van der Waals surface area contributed by atoms with Crippen molar-refractivity contribution >= 4 is 39.1 Å². The Balaban J connectivity index is 1.69. The molecule has 1 aliphatic carbocycles. The van der Waals surface area contributed by atoms with Gasteiger partial charge < -0.3 is 9.84 Å². The number of hydrogen-bond acceptors (Lipinski definition) is 5. The molecule has 31 heavy (non-hydrogen) atoms. The minimum atomic E-state index is -3.65. The molecule has 1 N–H and O–H groups in total. The van der Waals surface area contributed by atoms with Gasteiger partial charge in [-0.15, -0.1) is 0 Å². The van der Waals surface area contributed by atoms with Crippen LogP contribution in [0.1, 0.15) is 36.0 Å². The minimum absolute atomic E-state index is 0.0450. The van der Waals surface area contributed by atoms with Gasteiger partial charge in [0.05, 0.1) is 21.2 Å². The molecule has 10 heteroatoms. The predicted molar refractivity (Wildman–Crippen MR) is 118 cm³/mol. The maximum Gasteiger partial charge on any atom is 0.262 e. The number of nitrogens with zero attached hydrogens (tertiary/aromatic N) is 2. The third kappa shape index (κ3) is 4.25. The third-order valence-corrected chi connectivity index (χ3v) is 7.84. The number of rotatable bonds is 4. The van der Waals surface area contributed by atoms with E-state index in [2.05, 4.69) is 0 Å². The number of amides is 1. The summed E-state index contributed by atoms with van der Waals surface area (Å²) in [5.74, 6) is -0.477. The quantitative estimate of drug-likeness (QED) is 0.681. The highest BCUT2D eigenvalue weighted by Crippen LogP contribution is 2.35. The van der Waals surface area contributed by atoms with E-state index in [0.717, 1.165) is 12.8 Å². The lowest BCUT2D eigenvalue weighted by Crippen LogP contribution is -2.30. The van der Waals surface area contributed by atoms with E-state index in [1.807, 2.05) is 6.08 Å². The molecule has 0 spiro atoms. The van der Waals surface area contributed by atoms with Crippen LogP contribution in [-0.2, 0) is 14.8 Å². The van der Waals surface area contributed by atoms with E-state index >= 15 is 0 Å². The molecule has 1 saturated heterocycles. The average Bonchev–Trinajstić information content (AvgIpc) is 3.33. The van der Waals surface area contributed by atoms with Gasteiger partial charge in [-0.2, -0.15) is 4.31 Å². The smallest absolute Gasteiger partial charge is 0.262 e. The van der Waals surface area contributed by atoms with Crippen molar-refractivity contribution in [3.63, 3.8) is 0 Å². The van der Waals surface area contributed by atoms with Crippen molar-refractivity contribution in [1.82, 2.24) is 9.21 Å². The number of carbonyl (C=O) groups excluding carboxylic acids is 1. The van der Waals surface area contributed by atoms with Crippen molar-refractivity contribution in [3.05, 3.63) is 74.8 Å². The fourth-order valence-corrected chi connectivity index (χ4v) is 5.96. The maximum absolute atomic E-state index is 13.2. The zero-order chi connectivity index (χ0) is 22.2. The second kappa shape index (κ2) is 8.70. The molecular weight excluding hydrogens is 463 g/mol. The van der Waals surface area contributed by atoms with E-state index in [0.29, 0.717) is 31.5 Å². The van der Waals surface area contributed by atoms with Crippen LogP contribution in [0.5, 0.6) is 5.75 Å². The number of phenolic OH excluding ortho intramolecular Hbond substituents is 1. The molecule has 0 bridgehead atoms. The molecule has 3 aliphatic rings. The Hall–Kier alpha value is -2.26. The van der Waals surface area contributed by atoms with Gasteiger partial charge in [-0.05, 0) is 43.9 Å². The van der Waals surface area contributed by atoms with Gasteiger partial charge in [-0.25, -0.2) is 8.42 Å². The van der Waals surface area contributed by atoms with Crippen LogP contribution in [0.4, 0.5) is 0 Å². The molecule has 0 radical (unpaired) electrons. The van der Waals surface area contributed by atoms with Crippen LogP contribution in [0.2, 0.25) is 10.0 Å². The van der Waals surface area contributed by atoms with Gasteiger partial charge in [0.1, 0.15) is 12.0 Å². The highest BCUT2D eigenvalue weighted by molar-refractivity contribution is 7.93. The maximum atomic E-state index is 13.2. The Bertz CT molecular complexity index is 1130. The van der Waals surface area contributed by atoms with Crippen LogP contribution in [0, 0.1) is 0 Å². The lowest BCUT2D eigenvalue weighted by molar-refractivity contribution is 0.0855. The Kier molecular flexibility index (Phi) is 6.16. The minimum Gasteiger partial charge on any atom is -0.505 e. The van der Waals surface area contributed by atoms with E-state index in [1.165, 1.54) is 40.0 Å². The van der Waals surface area contributed by atoms with Gasteiger partial charge >= 0.3 is 0 Å². The summed E-state index contributed by atoms with van der Waals surface area (Å²) >= 11 is 11.9. The first-order valence-corrected chi connectivity index (χ1v) is 11.9. The number of benzene rings is 1. The standard InChI is InChI=1S/C21H20Cl2N2O5S/c22-16-11-14(12-17(23)20(16)26)21(27)24-9-10-30-18(13-24)15-5-1-2-6-19(15)31(28,29)25-7-3-4-8-25/h2,6,9-13,26H,1,3-5,7-8H2. The van der Waals surface area contributed by atoms with Crippen molar-refractivity contribution in [2.75, 3.05) is 13.1 Å². The lowest BCUT2D eigenvalue weighted by Gasteiger charge is -2.25. The van der Waals surface area contributed by atoms with Gasteiger partial charge in [0.15, 0.2) is 5.75 Å². The summed E-state index contributed by atoms with van der Waals surface area (Å²) in [6.45, 7) is 0.999.